The summed E-state index contributed by atoms with van der Waals surface area (Å²) in [7, 11) is 1.94. The first-order valence-electron chi connectivity index (χ1n) is 7.64. The maximum absolute atomic E-state index is 12.7. The lowest BCUT2D eigenvalue weighted by molar-refractivity contribution is 0.00330. The molecule has 0 N–H and O–H groups in total. The number of amides is 2. The van der Waals surface area contributed by atoms with Gasteiger partial charge in [0.1, 0.15) is 0 Å². The summed E-state index contributed by atoms with van der Waals surface area (Å²) >= 11 is 0. The van der Waals surface area contributed by atoms with Crippen LogP contribution in [0.25, 0.3) is 0 Å². The molecule has 0 saturated carbocycles. The minimum Gasteiger partial charge on any atom is -0.377 e. The number of aryl methyl sites for hydroxylation is 2. The molecule has 2 rings (SSSR count). The van der Waals surface area contributed by atoms with Crippen LogP contribution in [0.2, 0.25) is 0 Å². The summed E-state index contributed by atoms with van der Waals surface area (Å²) in [6.45, 7) is 11.3. The molecule has 0 spiro atoms. The highest BCUT2D eigenvalue weighted by atomic mass is 16.5. The van der Waals surface area contributed by atoms with Crippen molar-refractivity contribution >= 4 is 6.03 Å². The van der Waals surface area contributed by atoms with Crippen LogP contribution in [-0.4, -0.2) is 58.5 Å². The Labute approximate surface area is 126 Å². The summed E-state index contributed by atoms with van der Waals surface area (Å²) in [6.07, 6.45) is 0. The van der Waals surface area contributed by atoms with Gasteiger partial charge in [0.05, 0.1) is 24.9 Å². The van der Waals surface area contributed by atoms with Gasteiger partial charge in [-0.2, -0.15) is 5.10 Å². The molecule has 0 radical (unpaired) electrons. The molecule has 118 valence electrons. The van der Waals surface area contributed by atoms with Crippen LogP contribution in [0.15, 0.2) is 0 Å². The molecule has 1 aromatic heterocycles. The second-order valence-corrected chi connectivity index (χ2v) is 5.45. The number of morpholine rings is 1. The van der Waals surface area contributed by atoms with E-state index in [1.54, 1.807) is 0 Å². The van der Waals surface area contributed by atoms with E-state index in [4.69, 9.17) is 4.74 Å². The van der Waals surface area contributed by atoms with Crippen LogP contribution in [0.5, 0.6) is 0 Å². The number of hydrogen-bond donors (Lipinski definition) is 0. The fraction of sp³-hybridized carbons (Fsp3) is 0.733. The minimum atomic E-state index is -0.0412. The molecule has 1 aliphatic rings. The van der Waals surface area contributed by atoms with E-state index in [9.17, 15) is 4.79 Å². The summed E-state index contributed by atoms with van der Waals surface area (Å²) in [6, 6.07) is 0.0523. The van der Waals surface area contributed by atoms with Crippen LogP contribution in [0.4, 0.5) is 4.79 Å². The van der Waals surface area contributed by atoms with Crippen molar-refractivity contribution < 1.29 is 9.53 Å². The topological polar surface area (TPSA) is 50.6 Å². The van der Waals surface area contributed by atoms with Crippen molar-refractivity contribution in [3.8, 4) is 0 Å². The van der Waals surface area contributed by atoms with Gasteiger partial charge in [0, 0.05) is 37.9 Å². The average Bonchev–Trinajstić information content (AvgIpc) is 2.73. The van der Waals surface area contributed by atoms with E-state index in [0.717, 1.165) is 30.0 Å². The summed E-state index contributed by atoms with van der Waals surface area (Å²) in [4.78, 5) is 16.5. The second-order valence-electron chi connectivity index (χ2n) is 5.45. The van der Waals surface area contributed by atoms with Crippen LogP contribution in [-0.2, 0) is 11.8 Å². The molecule has 1 fully saturated rings. The maximum Gasteiger partial charge on any atom is 0.320 e. The largest absolute Gasteiger partial charge is 0.377 e. The highest BCUT2D eigenvalue weighted by Gasteiger charge is 2.33. The Morgan fingerprint density at radius 2 is 2.05 bits per heavy atom. The van der Waals surface area contributed by atoms with Crippen molar-refractivity contribution in [2.45, 2.75) is 33.7 Å². The monoisotopic (exact) mass is 294 g/mol. The van der Waals surface area contributed by atoms with Gasteiger partial charge < -0.3 is 14.5 Å². The van der Waals surface area contributed by atoms with Gasteiger partial charge in [0.2, 0.25) is 0 Å². The van der Waals surface area contributed by atoms with E-state index in [-0.39, 0.29) is 12.1 Å². The van der Waals surface area contributed by atoms with Crippen LogP contribution >= 0.6 is 0 Å². The third kappa shape index (κ3) is 2.90. The molecular formula is C15H26N4O2. The molecule has 1 unspecified atom stereocenters. The number of aromatic nitrogens is 2. The lowest BCUT2D eigenvalue weighted by atomic mass is 10.0. The Morgan fingerprint density at radius 1 is 1.38 bits per heavy atom. The van der Waals surface area contributed by atoms with Crippen LogP contribution < -0.4 is 0 Å². The van der Waals surface area contributed by atoms with Gasteiger partial charge in [-0.15, -0.1) is 0 Å². The van der Waals surface area contributed by atoms with Crippen molar-refractivity contribution in [3.05, 3.63) is 17.0 Å². The predicted molar refractivity (Wildman–Crippen MR) is 81.3 cm³/mol. The molecule has 2 amide bonds. The number of hydrogen-bond acceptors (Lipinski definition) is 3. The first-order valence-corrected chi connectivity index (χ1v) is 7.64. The van der Waals surface area contributed by atoms with E-state index in [2.05, 4.69) is 5.10 Å². The standard InChI is InChI=1S/C15H26N4O2/c1-6-18(7-2)15(20)19-8-9-21-10-13(19)14-11(3)16-17(5)12(14)4/h13H,6-10H2,1-5H3. The number of carbonyl (C=O) groups is 1. The molecule has 6 nitrogen and oxygen atoms in total. The zero-order valence-corrected chi connectivity index (χ0v) is 13.7. The molecule has 2 heterocycles. The number of nitrogens with zero attached hydrogens (tertiary/aromatic N) is 4. The highest BCUT2D eigenvalue weighted by Crippen LogP contribution is 2.29. The van der Waals surface area contributed by atoms with E-state index in [0.29, 0.717) is 19.8 Å². The Hall–Kier alpha value is -1.56. The van der Waals surface area contributed by atoms with Crippen molar-refractivity contribution in [1.29, 1.82) is 0 Å². The van der Waals surface area contributed by atoms with Gasteiger partial charge in [-0.1, -0.05) is 0 Å². The Bertz CT molecular complexity index is 508. The Morgan fingerprint density at radius 3 is 2.57 bits per heavy atom. The summed E-state index contributed by atoms with van der Waals surface area (Å²) in [5, 5.41) is 4.47. The zero-order valence-electron chi connectivity index (χ0n) is 13.7. The number of carbonyl (C=O) groups excluding carboxylic acids is 1. The first-order chi connectivity index (χ1) is 10.0. The van der Waals surface area contributed by atoms with Crippen molar-refractivity contribution in [3.63, 3.8) is 0 Å². The van der Waals surface area contributed by atoms with E-state index < -0.39 is 0 Å². The number of urea groups is 1. The lowest BCUT2D eigenvalue weighted by Crippen LogP contribution is -2.49. The van der Waals surface area contributed by atoms with Gasteiger partial charge in [0.15, 0.2) is 0 Å². The normalized spacial score (nSPS) is 18.9. The van der Waals surface area contributed by atoms with Gasteiger partial charge in [-0.3, -0.25) is 4.68 Å². The molecule has 1 aliphatic heterocycles. The fourth-order valence-electron chi connectivity index (χ4n) is 3.02. The summed E-state index contributed by atoms with van der Waals surface area (Å²) < 4.78 is 7.51. The third-order valence-corrected chi connectivity index (χ3v) is 4.31. The highest BCUT2D eigenvalue weighted by molar-refractivity contribution is 5.75. The fourth-order valence-corrected chi connectivity index (χ4v) is 3.02. The molecule has 1 saturated heterocycles. The molecule has 1 aromatic rings. The third-order valence-electron chi connectivity index (χ3n) is 4.31. The number of ether oxygens (including phenoxy) is 1. The zero-order chi connectivity index (χ0) is 15.6. The smallest absolute Gasteiger partial charge is 0.320 e. The Balaban J connectivity index is 2.33. The van der Waals surface area contributed by atoms with Gasteiger partial charge in [0.25, 0.3) is 0 Å². The SMILES string of the molecule is CCN(CC)C(=O)N1CCOCC1c1c(C)nn(C)c1C. The van der Waals surface area contributed by atoms with E-state index in [1.165, 1.54) is 0 Å². The van der Waals surface area contributed by atoms with Gasteiger partial charge >= 0.3 is 6.03 Å². The van der Waals surface area contributed by atoms with E-state index in [1.807, 2.05) is 49.2 Å². The van der Waals surface area contributed by atoms with Crippen molar-refractivity contribution in [1.82, 2.24) is 19.6 Å². The molecule has 0 aliphatic carbocycles. The number of rotatable bonds is 3. The quantitative estimate of drug-likeness (QED) is 0.855. The van der Waals surface area contributed by atoms with Gasteiger partial charge in [-0.05, 0) is 27.7 Å². The first kappa shape index (κ1) is 15.8. The second kappa shape index (κ2) is 6.47. The maximum atomic E-state index is 12.7. The van der Waals surface area contributed by atoms with Gasteiger partial charge in [-0.25, -0.2) is 4.79 Å². The molecular weight excluding hydrogens is 268 g/mol. The van der Waals surface area contributed by atoms with Crippen LogP contribution in [0.3, 0.4) is 0 Å². The summed E-state index contributed by atoms with van der Waals surface area (Å²) in [5.74, 6) is 0. The van der Waals surface area contributed by atoms with Crippen LogP contribution in [0, 0.1) is 13.8 Å². The average molecular weight is 294 g/mol. The lowest BCUT2D eigenvalue weighted by Gasteiger charge is -2.38. The molecule has 0 bridgehead atoms. The molecule has 1 atom stereocenters. The predicted octanol–water partition coefficient (Wildman–Crippen LogP) is 1.87. The summed E-state index contributed by atoms with van der Waals surface area (Å²) in [5.41, 5.74) is 3.20. The molecule has 0 aromatic carbocycles. The molecule has 6 heteroatoms. The minimum absolute atomic E-state index is 0.0412. The van der Waals surface area contributed by atoms with Crippen LogP contribution in [0.1, 0.15) is 36.8 Å². The van der Waals surface area contributed by atoms with E-state index >= 15 is 0 Å². The van der Waals surface area contributed by atoms with Crippen molar-refractivity contribution in [2.24, 2.45) is 7.05 Å². The Kier molecular flexibility index (Phi) is 4.88. The molecule has 21 heavy (non-hydrogen) atoms. The van der Waals surface area contributed by atoms with Crippen molar-refractivity contribution in [2.75, 3.05) is 32.8 Å².